The lowest BCUT2D eigenvalue weighted by atomic mass is 10.0. The number of amides is 1. The summed E-state index contributed by atoms with van der Waals surface area (Å²) in [6.07, 6.45) is 2.43. The van der Waals surface area contributed by atoms with E-state index >= 15 is 0 Å². The van der Waals surface area contributed by atoms with Gasteiger partial charge in [-0.05, 0) is 25.5 Å². The monoisotopic (exact) mass is 325 g/mol. The number of carbonyl (C=O) groups excluding carboxylic acids is 1. The standard InChI is InChI=1S/C17H19N5O2/c1-11-20-15-12(5-7-19-17(15)23)16(21-11)22-8-9-24-14(10-22)13-4-2-3-6-18-13/h2-4,6,14H,5,7-10H2,1H3,(H,19,23). The van der Waals surface area contributed by atoms with E-state index in [-0.39, 0.29) is 12.0 Å². The molecule has 1 saturated heterocycles. The zero-order valence-electron chi connectivity index (χ0n) is 13.5. The number of rotatable bonds is 2. The predicted octanol–water partition coefficient (Wildman–Crippen LogP) is 1.04. The Morgan fingerprint density at radius 2 is 2.25 bits per heavy atom. The summed E-state index contributed by atoms with van der Waals surface area (Å²) in [5.74, 6) is 1.36. The van der Waals surface area contributed by atoms with E-state index in [1.54, 1.807) is 6.20 Å². The first-order chi connectivity index (χ1) is 11.7. The summed E-state index contributed by atoms with van der Waals surface area (Å²) in [6.45, 7) is 4.46. The number of pyridine rings is 1. The summed E-state index contributed by atoms with van der Waals surface area (Å²) < 4.78 is 5.88. The third-order valence-corrected chi connectivity index (χ3v) is 4.36. The van der Waals surface area contributed by atoms with Crippen LogP contribution >= 0.6 is 0 Å². The third kappa shape index (κ3) is 2.71. The maximum atomic E-state index is 12.1. The fourth-order valence-electron chi connectivity index (χ4n) is 3.23. The van der Waals surface area contributed by atoms with Crippen LogP contribution < -0.4 is 10.2 Å². The minimum Gasteiger partial charge on any atom is -0.368 e. The lowest BCUT2D eigenvalue weighted by molar-refractivity contribution is 0.0367. The van der Waals surface area contributed by atoms with Crippen LogP contribution in [0, 0.1) is 6.92 Å². The Morgan fingerprint density at radius 1 is 1.33 bits per heavy atom. The Kier molecular flexibility index (Phi) is 3.86. The number of aromatic nitrogens is 3. The second kappa shape index (κ2) is 6.16. The Bertz CT molecular complexity index is 765. The van der Waals surface area contributed by atoms with Gasteiger partial charge < -0.3 is 15.0 Å². The van der Waals surface area contributed by atoms with Gasteiger partial charge in [-0.2, -0.15) is 0 Å². The fourth-order valence-corrected chi connectivity index (χ4v) is 3.23. The molecule has 1 atom stereocenters. The molecule has 7 heteroatoms. The van der Waals surface area contributed by atoms with Gasteiger partial charge in [0.1, 0.15) is 23.4 Å². The molecule has 0 spiro atoms. The van der Waals surface area contributed by atoms with E-state index < -0.39 is 0 Å². The number of fused-ring (bicyclic) bond motifs is 1. The van der Waals surface area contributed by atoms with Crippen molar-refractivity contribution in [3.05, 3.63) is 47.2 Å². The van der Waals surface area contributed by atoms with Gasteiger partial charge in [0.2, 0.25) is 0 Å². The molecule has 1 unspecified atom stereocenters. The molecule has 0 saturated carbocycles. The van der Waals surface area contributed by atoms with Crippen LogP contribution in [-0.4, -0.2) is 47.1 Å². The summed E-state index contributed by atoms with van der Waals surface area (Å²) in [5, 5.41) is 2.85. The zero-order valence-corrected chi connectivity index (χ0v) is 13.5. The molecule has 0 aromatic carbocycles. The van der Waals surface area contributed by atoms with E-state index in [2.05, 4.69) is 25.2 Å². The van der Waals surface area contributed by atoms with Crippen molar-refractivity contribution < 1.29 is 9.53 Å². The van der Waals surface area contributed by atoms with Crippen molar-refractivity contribution in [2.45, 2.75) is 19.4 Å². The van der Waals surface area contributed by atoms with Gasteiger partial charge in [-0.25, -0.2) is 9.97 Å². The van der Waals surface area contributed by atoms with Crippen molar-refractivity contribution in [1.82, 2.24) is 20.3 Å². The van der Waals surface area contributed by atoms with Crippen molar-refractivity contribution in [2.75, 3.05) is 31.1 Å². The van der Waals surface area contributed by atoms with Gasteiger partial charge in [0.25, 0.3) is 5.91 Å². The third-order valence-electron chi connectivity index (χ3n) is 4.36. The highest BCUT2D eigenvalue weighted by atomic mass is 16.5. The van der Waals surface area contributed by atoms with Crippen LogP contribution in [-0.2, 0) is 11.2 Å². The second-order valence-electron chi connectivity index (χ2n) is 5.99. The molecule has 2 aromatic heterocycles. The highest BCUT2D eigenvalue weighted by Gasteiger charge is 2.29. The molecule has 2 aromatic rings. The number of morpholine rings is 1. The molecular formula is C17H19N5O2. The molecule has 124 valence electrons. The van der Waals surface area contributed by atoms with Gasteiger partial charge in [0.15, 0.2) is 0 Å². The number of anilines is 1. The smallest absolute Gasteiger partial charge is 0.270 e. The van der Waals surface area contributed by atoms with Crippen molar-refractivity contribution in [2.24, 2.45) is 0 Å². The normalized spacial score (nSPS) is 20.5. The molecule has 7 nitrogen and oxygen atoms in total. The molecule has 0 bridgehead atoms. The van der Waals surface area contributed by atoms with Crippen LogP contribution in [0.1, 0.15) is 33.7 Å². The number of nitrogens with one attached hydrogen (secondary N) is 1. The molecule has 24 heavy (non-hydrogen) atoms. The molecule has 1 N–H and O–H groups in total. The maximum absolute atomic E-state index is 12.1. The van der Waals surface area contributed by atoms with E-state index in [4.69, 9.17) is 4.74 Å². The first-order valence-electron chi connectivity index (χ1n) is 8.15. The van der Waals surface area contributed by atoms with E-state index in [9.17, 15) is 4.79 Å². The van der Waals surface area contributed by atoms with Gasteiger partial charge in [-0.3, -0.25) is 9.78 Å². The van der Waals surface area contributed by atoms with Crippen LogP contribution in [0.4, 0.5) is 5.82 Å². The second-order valence-corrected chi connectivity index (χ2v) is 5.99. The van der Waals surface area contributed by atoms with Gasteiger partial charge >= 0.3 is 0 Å². The number of aryl methyl sites for hydroxylation is 1. The van der Waals surface area contributed by atoms with Gasteiger partial charge in [-0.1, -0.05) is 6.07 Å². The first-order valence-corrected chi connectivity index (χ1v) is 8.15. The van der Waals surface area contributed by atoms with Crippen LogP contribution in [0.3, 0.4) is 0 Å². The molecule has 0 aliphatic carbocycles. The predicted molar refractivity (Wildman–Crippen MR) is 87.9 cm³/mol. The number of hydrogen-bond donors (Lipinski definition) is 1. The topological polar surface area (TPSA) is 80.2 Å². The maximum Gasteiger partial charge on any atom is 0.270 e. The average molecular weight is 325 g/mol. The molecule has 1 amide bonds. The summed E-state index contributed by atoms with van der Waals surface area (Å²) in [6, 6.07) is 5.83. The van der Waals surface area contributed by atoms with Crippen molar-refractivity contribution in [3.63, 3.8) is 0 Å². The Morgan fingerprint density at radius 3 is 3.08 bits per heavy atom. The lowest BCUT2D eigenvalue weighted by Gasteiger charge is -2.35. The van der Waals surface area contributed by atoms with Crippen LogP contribution in [0.25, 0.3) is 0 Å². The molecule has 2 aliphatic heterocycles. The summed E-state index contributed by atoms with van der Waals surface area (Å²) in [5.41, 5.74) is 2.36. The van der Waals surface area contributed by atoms with Crippen LogP contribution in [0.5, 0.6) is 0 Å². The van der Waals surface area contributed by atoms with Gasteiger partial charge in [-0.15, -0.1) is 0 Å². The van der Waals surface area contributed by atoms with E-state index in [0.717, 1.165) is 30.0 Å². The lowest BCUT2D eigenvalue weighted by Crippen LogP contribution is -2.41. The molecule has 4 heterocycles. The van der Waals surface area contributed by atoms with Gasteiger partial charge in [0.05, 0.1) is 18.8 Å². The first kappa shape index (κ1) is 15.0. The van der Waals surface area contributed by atoms with Gasteiger partial charge in [0, 0.05) is 24.8 Å². The quantitative estimate of drug-likeness (QED) is 0.889. The van der Waals surface area contributed by atoms with Crippen molar-refractivity contribution >= 4 is 11.7 Å². The molecule has 0 radical (unpaired) electrons. The van der Waals surface area contributed by atoms with Crippen molar-refractivity contribution in [1.29, 1.82) is 0 Å². The van der Waals surface area contributed by atoms with Crippen LogP contribution in [0.2, 0.25) is 0 Å². The molecule has 4 rings (SSSR count). The van der Waals surface area contributed by atoms with Crippen LogP contribution in [0.15, 0.2) is 24.4 Å². The number of hydrogen-bond acceptors (Lipinski definition) is 6. The van der Waals surface area contributed by atoms with E-state index in [0.29, 0.717) is 31.2 Å². The highest BCUT2D eigenvalue weighted by molar-refractivity contribution is 5.96. The minimum absolute atomic E-state index is 0.0942. The highest BCUT2D eigenvalue weighted by Crippen LogP contribution is 2.28. The number of nitrogens with zero attached hydrogens (tertiary/aromatic N) is 4. The summed E-state index contributed by atoms with van der Waals surface area (Å²) >= 11 is 0. The number of ether oxygens (including phenoxy) is 1. The largest absolute Gasteiger partial charge is 0.368 e. The SMILES string of the molecule is Cc1nc2c(c(N3CCOC(c4ccccn4)C3)n1)CCNC2=O. The number of carbonyl (C=O) groups is 1. The fraction of sp³-hybridized carbons (Fsp3) is 0.412. The molecular weight excluding hydrogens is 306 g/mol. The Labute approximate surface area is 140 Å². The van der Waals surface area contributed by atoms with E-state index in [1.165, 1.54) is 0 Å². The molecule has 2 aliphatic rings. The Balaban J connectivity index is 1.67. The van der Waals surface area contributed by atoms with Crippen molar-refractivity contribution in [3.8, 4) is 0 Å². The van der Waals surface area contributed by atoms with E-state index in [1.807, 2.05) is 25.1 Å². The summed E-state index contributed by atoms with van der Waals surface area (Å²) in [7, 11) is 0. The summed E-state index contributed by atoms with van der Waals surface area (Å²) in [4.78, 5) is 27.7. The zero-order chi connectivity index (χ0) is 16.5. The molecule has 1 fully saturated rings. The average Bonchev–Trinajstić information content (AvgIpc) is 2.63. The minimum atomic E-state index is -0.113. The Hall–Kier alpha value is -2.54.